The Hall–Kier alpha value is 0.540. The van der Waals surface area contributed by atoms with E-state index in [4.69, 9.17) is 28.3 Å². The summed E-state index contributed by atoms with van der Waals surface area (Å²) in [6.45, 7) is 4.24. The van der Waals surface area contributed by atoms with Crippen LogP contribution in [0.3, 0.4) is 0 Å². The molecule has 0 radical (unpaired) electrons. The number of rotatable bonds is 6. The largest absolute Gasteiger partial charge is 0.396 e. The third-order valence-electron chi connectivity index (χ3n) is 2.17. The van der Waals surface area contributed by atoms with Crippen LogP contribution in [0.15, 0.2) is 0 Å². The molecular formula is C9H18Cl2O. The molecule has 0 aromatic heterocycles. The predicted octanol–water partition coefficient (Wildman–Crippen LogP) is 2.88. The van der Waals surface area contributed by atoms with Gasteiger partial charge in [-0.05, 0) is 24.7 Å². The van der Waals surface area contributed by atoms with E-state index >= 15 is 0 Å². The minimum atomic E-state index is 0.0678. The van der Waals surface area contributed by atoms with Gasteiger partial charge in [-0.15, -0.1) is 23.2 Å². The minimum absolute atomic E-state index is 0.0678. The second-order valence-electron chi connectivity index (χ2n) is 3.41. The smallest absolute Gasteiger partial charge is 0.0470 e. The first-order valence-electron chi connectivity index (χ1n) is 4.44. The van der Waals surface area contributed by atoms with E-state index < -0.39 is 0 Å². The van der Waals surface area contributed by atoms with Gasteiger partial charge in [0.25, 0.3) is 0 Å². The van der Waals surface area contributed by atoms with Gasteiger partial charge in [0.05, 0.1) is 0 Å². The van der Waals surface area contributed by atoms with Crippen LogP contribution in [0.2, 0.25) is 0 Å². The maximum Gasteiger partial charge on any atom is 0.0470 e. The SMILES string of the molecule is CC(CO)C(Cl)C(C)CCCCl. The molecular weight excluding hydrogens is 195 g/mol. The van der Waals surface area contributed by atoms with Crippen molar-refractivity contribution in [3.63, 3.8) is 0 Å². The molecule has 0 amide bonds. The minimum Gasteiger partial charge on any atom is -0.396 e. The molecule has 0 aliphatic heterocycles. The molecule has 3 heteroatoms. The molecule has 0 aliphatic carbocycles. The number of hydrogen-bond donors (Lipinski definition) is 1. The van der Waals surface area contributed by atoms with E-state index in [0.29, 0.717) is 11.8 Å². The summed E-state index contributed by atoms with van der Waals surface area (Å²) in [4.78, 5) is 0. The van der Waals surface area contributed by atoms with E-state index in [1.54, 1.807) is 0 Å². The fraction of sp³-hybridized carbons (Fsp3) is 1.00. The van der Waals surface area contributed by atoms with Gasteiger partial charge in [-0.3, -0.25) is 0 Å². The molecule has 1 N–H and O–H groups in total. The number of aliphatic hydroxyl groups excluding tert-OH is 1. The van der Waals surface area contributed by atoms with Crippen molar-refractivity contribution >= 4 is 23.2 Å². The maximum absolute atomic E-state index is 8.87. The summed E-state index contributed by atoms with van der Waals surface area (Å²) in [5.74, 6) is 1.31. The van der Waals surface area contributed by atoms with Crippen LogP contribution in [-0.4, -0.2) is 23.0 Å². The lowest BCUT2D eigenvalue weighted by Gasteiger charge is -2.22. The lowest BCUT2D eigenvalue weighted by Crippen LogP contribution is -2.22. The van der Waals surface area contributed by atoms with Gasteiger partial charge in [0.1, 0.15) is 0 Å². The zero-order chi connectivity index (χ0) is 9.56. The lowest BCUT2D eigenvalue weighted by molar-refractivity contribution is 0.216. The molecule has 0 bridgehead atoms. The van der Waals surface area contributed by atoms with E-state index in [9.17, 15) is 0 Å². The van der Waals surface area contributed by atoms with Gasteiger partial charge < -0.3 is 5.11 Å². The Labute approximate surface area is 85.1 Å². The molecule has 0 aliphatic rings. The quantitative estimate of drug-likeness (QED) is 0.672. The average Bonchev–Trinajstić information content (AvgIpc) is 2.11. The van der Waals surface area contributed by atoms with E-state index in [2.05, 4.69) is 6.92 Å². The Balaban J connectivity index is 3.67. The van der Waals surface area contributed by atoms with Crippen molar-refractivity contribution in [3.8, 4) is 0 Å². The summed E-state index contributed by atoms with van der Waals surface area (Å²) in [5, 5.41) is 8.94. The third-order valence-corrected chi connectivity index (χ3v) is 3.30. The first-order chi connectivity index (χ1) is 5.63. The highest BCUT2D eigenvalue weighted by molar-refractivity contribution is 6.21. The van der Waals surface area contributed by atoms with Crippen molar-refractivity contribution in [3.05, 3.63) is 0 Å². The summed E-state index contributed by atoms with van der Waals surface area (Å²) < 4.78 is 0. The normalized spacial score (nSPS) is 18.8. The Morgan fingerprint density at radius 2 is 1.83 bits per heavy atom. The maximum atomic E-state index is 8.87. The molecule has 0 heterocycles. The van der Waals surface area contributed by atoms with Crippen LogP contribution >= 0.6 is 23.2 Å². The Bertz CT molecular complexity index is 109. The summed E-state index contributed by atoms with van der Waals surface area (Å²) in [7, 11) is 0. The van der Waals surface area contributed by atoms with Crippen LogP contribution < -0.4 is 0 Å². The highest BCUT2D eigenvalue weighted by Gasteiger charge is 2.19. The van der Waals surface area contributed by atoms with Crippen molar-refractivity contribution in [2.45, 2.75) is 32.1 Å². The van der Waals surface area contributed by atoms with E-state index in [1.165, 1.54) is 0 Å². The van der Waals surface area contributed by atoms with Gasteiger partial charge in [-0.25, -0.2) is 0 Å². The van der Waals surface area contributed by atoms with Gasteiger partial charge in [0, 0.05) is 17.9 Å². The molecule has 0 fully saturated rings. The molecule has 3 atom stereocenters. The summed E-state index contributed by atoms with van der Waals surface area (Å²) >= 11 is 11.7. The van der Waals surface area contributed by atoms with Crippen LogP contribution in [0.1, 0.15) is 26.7 Å². The molecule has 0 aromatic rings. The molecule has 0 aromatic carbocycles. The number of aliphatic hydroxyl groups is 1. The van der Waals surface area contributed by atoms with Gasteiger partial charge in [-0.1, -0.05) is 13.8 Å². The zero-order valence-electron chi connectivity index (χ0n) is 7.76. The monoisotopic (exact) mass is 212 g/mol. The van der Waals surface area contributed by atoms with E-state index in [0.717, 1.165) is 12.8 Å². The highest BCUT2D eigenvalue weighted by atomic mass is 35.5. The molecule has 0 saturated carbocycles. The Kier molecular flexibility index (Phi) is 7.31. The topological polar surface area (TPSA) is 20.2 Å². The van der Waals surface area contributed by atoms with E-state index in [-0.39, 0.29) is 17.9 Å². The second kappa shape index (κ2) is 6.99. The van der Waals surface area contributed by atoms with Crippen LogP contribution in [0.25, 0.3) is 0 Å². The van der Waals surface area contributed by atoms with Gasteiger partial charge in [0.15, 0.2) is 0 Å². The van der Waals surface area contributed by atoms with Crippen molar-refractivity contribution in [1.82, 2.24) is 0 Å². The molecule has 74 valence electrons. The summed E-state index contributed by atoms with van der Waals surface area (Å²) in [6, 6.07) is 0. The number of hydrogen-bond acceptors (Lipinski definition) is 1. The van der Waals surface area contributed by atoms with Crippen molar-refractivity contribution in [1.29, 1.82) is 0 Å². The molecule has 12 heavy (non-hydrogen) atoms. The molecule has 3 unspecified atom stereocenters. The summed E-state index contributed by atoms with van der Waals surface area (Å²) in [6.07, 6.45) is 2.05. The van der Waals surface area contributed by atoms with Gasteiger partial charge in [0.2, 0.25) is 0 Å². The van der Waals surface area contributed by atoms with Crippen LogP contribution in [0.4, 0.5) is 0 Å². The Morgan fingerprint density at radius 3 is 2.25 bits per heavy atom. The lowest BCUT2D eigenvalue weighted by atomic mass is 9.94. The van der Waals surface area contributed by atoms with Crippen LogP contribution in [-0.2, 0) is 0 Å². The first kappa shape index (κ1) is 12.5. The van der Waals surface area contributed by atoms with E-state index in [1.807, 2.05) is 6.92 Å². The summed E-state index contributed by atoms with van der Waals surface area (Å²) in [5.41, 5.74) is 0. The van der Waals surface area contributed by atoms with Crippen LogP contribution in [0, 0.1) is 11.8 Å². The second-order valence-corrected chi connectivity index (χ2v) is 4.29. The van der Waals surface area contributed by atoms with Crippen molar-refractivity contribution in [2.24, 2.45) is 11.8 Å². The molecule has 0 saturated heterocycles. The predicted molar refractivity (Wildman–Crippen MR) is 55.0 cm³/mol. The Morgan fingerprint density at radius 1 is 1.25 bits per heavy atom. The van der Waals surface area contributed by atoms with Gasteiger partial charge >= 0.3 is 0 Å². The first-order valence-corrected chi connectivity index (χ1v) is 5.41. The van der Waals surface area contributed by atoms with Crippen LogP contribution in [0.5, 0.6) is 0 Å². The van der Waals surface area contributed by atoms with Crippen molar-refractivity contribution < 1.29 is 5.11 Å². The number of halogens is 2. The zero-order valence-corrected chi connectivity index (χ0v) is 9.28. The third kappa shape index (κ3) is 4.54. The van der Waals surface area contributed by atoms with Crippen molar-refractivity contribution in [2.75, 3.05) is 12.5 Å². The fourth-order valence-electron chi connectivity index (χ4n) is 1.22. The molecule has 0 rings (SSSR count). The molecule has 0 spiro atoms. The molecule has 1 nitrogen and oxygen atoms in total. The number of alkyl halides is 2. The average molecular weight is 213 g/mol. The highest BCUT2D eigenvalue weighted by Crippen LogP contribution is 2.23. The van der Waals surface area contributed by atoms with Gasteiger partial charge in [-0.2, -0.15) is 0 Å². The standard InChI is InChI=1S/C9H18Cl2O/c1-7(4-3-5-10)9(11)8(2)6-12/h7-9,12H,3-6H2,1-2H3. The fourth-order valence-corrected chi connectivity index (χ4v) is 1.58.